The number of hydrogen-bond donors (Lipinski definition) is 1. The highest BCUT2D eigenvalue weighted by atomic mass is 16.2. The van der Waals surface area contributed by atoms with Crippen molar-refractivity contribution in [1.29, 1.82) is 0 Å². The van der Waals surface area contributed by atoms with Gasteiger partial charge in [-0.1, -0.05) is 24.3 Å². The first-order chi connectivity index (χ1) is 9.07. The summed E-state index contributed by atoms with van der Waals surface area (Å²) in [7, 11) is 0. The summed E-state index contributed by atoms with van der Waals surface area (Å²) in [5, 5.41) is 0. The summed E-state index contributed by atoms with van der Waals surface area (Å²) >= 11 is 0. The molecule has 3 nitrogen and oxygen atoms in total. The maximum atomic E-state index is 12.5. The molecule has 2 N–H and O–H groups in total. The fraction of sp³-hybridized carbons (Fsp3) is 0.562. The summed E-state index contributed by atoms with van der Waals surface area (Å²) in [5.74, 6) is 1.66. The molecule has 3 aliphatic rings. The van der Waals surface area contributed by atoms with E-state index in [-0.39, 0.29) is 11.5 Å². The van der Waals surface area contributed by atoms with Gasteiger partial charge in [0.05, 0.1) is 0 Å². The normalized spacial score (nSPS) is 34.0. The summed E-state index contributed by atoms with van der Waals surface area (Å²) in [6.45, 7) is 3.47. The van der Waals surface area contributed by atoms with Crippen molar-refractivity contribution < 1.29 is 4.79 Å². The Morgan fingerprint density at radius 2 is 2.11 bits per heavy atom. The van der Waals surface area contributed by atoms with Crippen molar-refractivity contribution in [2.45, 2.75) is 31.2 Å². The van der Waals surface area contributed by atoms with Crippen LogP contribution in [-0.2, 0) is 11.2 Å². The van der Waals surface area contributed by atoms with Crippen LogP contribution < -0.4 is 5.73 Å². The molecule has 0 aromatic heterocycles. The fourth-order valence-corrected chi connectivity index (χ4v) is 4.10. The van der Waals surface area contributed by atoms with E-state index in [1.165, 1.54) is 17.5 Å². The standard InChI is InChI=1S/C16H20N2O/c1-16(17)8-18(9-16)15(19)14-12-7-6-10-4-2-3-5-11(10)13(12)14/h2-5,12-14H,6-9,17H2,1H3. The van der Waals surface area contributed by atoms with E-state index in [0.717, 1.165) is 19.5 Å². The molecule has 100 valence electrons. The number of carbonyl (C=O) groups is 1. The van der Waals surface area contributed by atoms with Crippen LogP contribution in [0.4, 0.5) is 0 Å². The molecule has 2 aliphatic carbocycles. The highest BCUT2D eigenvalue weighted by Gasteiger charge is 2.59. The van der Waals surface area contributed by atoms with Crippen LogP contribution in [0.25, 0.3) is 0 Å². The second kappa shape index (κ2) is 3.60. The number of rotatable bonds is 1. The fourth-order valence-electron chi connectivity index (χ4n) is 4.10. The predicted molar refractivity (Wildman–Crippen MR) is 73.7 cm³/mol. The lowest BCUT2D eigenvalue weighted by Gasteiger charge is -2.45. The van der Waals surface area contributed by atoms with E-state index in [9.17, 15) is 4.79 Å². The van der Waals surface area contributed by atoms with E-state index in [0.29, 0.717) is 17.7 Å². The average Bonchev–Trinajstić information content (AvgIpc) is 3.09. The summed E-state index contributed by atoms with van der Waals surface area (Å²) in [6, 6.07) is 8.63. The first-order valence-corrected chi connectivity index (χ1v) is 7.22. The SMILES string of the molecule is CC1(N)CN(C(=O)C2C3CCc4ccccc4C32)C1. The Hall–Kier alpha value is -1.35. The van der Waals surface area contributed by atoms with Gasteiger partial charge in [-0.25, -0.2) is 0 Å². The Morgan fingerprint density at radius 1 is 1.37 bits per heavy atom. The van der Waals surface area contributed by atoms with Crippen LogP contribution in [0.2, 0.25) is 0 Å². The van der Waals surface area contributed by atoms with Gasteiger partial charge in [-0.3, -0.25) is 4.79 Å². The lowest BCUT2D eigenvalue weighted by molar-refractivity contribution is -0.140. The van der Waals surface area contributed by atoms with Crippen molar-refractivity contribution >= 4 is 5.91 Å². The monoisotopic (exact) mass is 256 g/mol. The first-order valence-electron chi connectivity index (χ1n) is 7.22. The molecule has 2 fully saturated rings. The molecular weight excluding hydrogens is 236 g/mol. The van der Waals surface area contributed by atoms with Gasteiger partial charge in [-0.2, -0.15) is 0 Å². The number of amides is 1. The van der Waals surface area contributed by atoms with E-state index in [1.807, 2.05) is 11.8 Å². The van der Waals surface area contributed by atoms with Gasteiger partial charge in [0, 0.05) is 24.5 Å². The summed E-state index contributed by atoms with van der Waals surface area (Å²) in [4.78, 5) is 14.5. The molecular formula is C16H20N2O. The third-order valence-electron chi connectivity index (χ3n) is 5.03. The number of aryl methyl sites for hydroxylation is 1. The number of likely N-dealkylation sites (tertiary alicyclic amines) is 1. The topological polar surface area (TPSA) is 46.3 Å². The Bertz CT molecular complexity index is 543. The van der Waals surface area contributed by atoms with Crippen molar-refractivity contribution in [1.82, 2.24) is 4.90 Å². The van der Waals surface area contributed by atoms with Gasteiger partial charge < -0.3 is 10.6 Å². The Kier molecular flexibility index (Phi) is 2.17. The van der Waals surface area contributed by atoms with E-state index in [1.54, 1.807) is 0 Å². The zero-order valence-electron chi connectivity index (χ0n) is 11.3. The van der Waals surface area contributed by atoms with Crippen LogP contribution in [0.3, 0.4) is 0 Å². The minimum Gasteiger partial charge on any atom is -0.339 e. The zero-order valence-corrected chi connectivity index (χ0v) is 11.3. The maximum Gasteiger partial charge on any atom is 0.226 e. The van der Waals surface area contributed by atoms with Gasteiger partial charge in [0.1, 0.15) is 0 Å². The molecule has 1 amide bonds. The number of nitrogens with zero attached hydrogens (tertiary/aromatic N) is 1. The lowest BCUT2D eigenvalue weighted by atomic mass is 9.92. The molecule has 1 aliphatic heterocycles. The molecule has 1 saturated carbocycles. The minimum absolute atomic E-state index is 0.159. The molecule has 1 heterocycles. The number of nitrogens with two attached hydrogens (primary N) is 1. The van der Waals surface area contributed by atoms with Crippen LogP contribution in [0.5, 0.6) is 0 Å². The van der Waals surface area contributed by atoms with E-state index in [2.05, 4.69) is 24.3 Å². The third-order valence-corrected chi connectivity index (χ3v) is 5.03. The maximum absolute atomic E-state index is 12.5. The molecule has 1 aromatic carbocycles. The molecule has 1 aromatic rings. The molecule has 0 radical (unpaired) electrons. The Balaban J connectivity index is 1.53. The van der Waals surface area contributed by atoms with Gasteiger partial charge in [-0.05, 0) is 42.7 Å². The van der Waals surface area contributed by atoms with Crippen LogP contribution in [-0.4, -0.2) is 29.4 Å². The van der Waals surface area contributed by atoms with Crippen molar-refractivity contribution in [3.8, 4) is 0 Å². The Labute approximate surface area is 113 Å². The number of hydrogen-bond acceptors (Lipinski definition) is 2. The second-order valence-corrected chi connectivity index (χ2v) is 6.80. The molecule has 3 atom stereocenters. The highest BCUT2D eigenvalue weighted by Crippen LogP contribution is 2.60. The highest BCUT2D eigenvalue weighted by molar-refractivity contribution is 5.85. The quantitative estimate of drug-likeness (QED) is 0.828. The van der Waals surface area contributed by atoms with E-state index < -0.39 is 0 Å². The number of benzene rings is 1. The largest absolute Gasteiger partial charge is 0.339 e. The van der Waals surface area contributed by atoms with Gasteiger partial charge in [0.2, 0.25) is 5.91 Å². The van der Waals surface area contributed by atoms with Crippen molar-refractivity contribution in [2.24, 2.45) is 17.6 Å². The summed E-state index contributed by atoms with van der Waals surface area (Å²) in [6.07, 6.45) is 2.31. The van der Waals surface area contributed by atoms with Crippen molar-refractivity contribution in [2.75, 3.05) is 13.1 Å². The average molecular weight is 256 g/mol. The minimum atomic E-state index is -0.159. The lowest BCUT2D eigenvalue weighted by Crippen LogP contribution is -2.67. The second-order valence-electron chi connectivity index (χ2n) is 6.80. The third kappa shape index (κ3) is 1.64. The molecule has 0 bridgehead atoms. The summed E-state index contributed by atoms with van der Waals surface area (Å²) < 4.78 is 0. The van der Waals surface area contributed by atoms with Gasteiger partial charge >= 0.3 is 0 Å². The van der Waals surface area contributed by atoms with Crippen LogP contribution >= 0.6 is 0 Å². The van der Waals surface area contributed by atoms with Crippen LogP contribution in [0, 0.1) is 11.8 Å². The molecule has 19 heavy (non-hydrogen) atoms. The van der Waals surface area contributed by atoms with Crippen LogP contribution in [0.15, 0.2) is 24.3 Å². The molecule has 3 heteroatoms. The predicted octanol–water partition coefficient (Wildman–Crippen LogP) is 1.52. The Morgan fingerprint density at radius 3 is 2.84 bits per heavy atom. The molecule has 3 unspecified atom stereocenters. The van der Waals surface area contributed by atoms with Gasteiger partial charge in [0.25, 0.3) is 0 Å². The van der Waals surface area contributed by atoms with Crippen LogP contribution in [0.1, 0.15) is 30.4 Å². The zero-order chi connectivity index (χ0) is 13.2. The van der Waals surface area contributed by atoms with Gasteiger partial charge in [-0.15, -0.1) is 0 Å². The molecule has 0 spiro atoms. The van der Waals surface area contributed by atoms with E-state index in [4.69, 9.17) is 5.73 Å². The molecule has 4 rings (SSSR count). The van der Waals surface area contributed by atoms with E-state index >= 15 is 0 Å². The first kappa shape index (κ1) is 11.5. The summed E-state index contributed by atoms with van der Waals surface area (Å²) in [5.41, 5.74) is 8.72. The smallest absolute Gasteiger partial charge is 0.226 e. The van der Waals surface area contributed by atoms with Gasteiger partial charge in [0.15, 0.2) is 0 Å². The number of carbonyl (C=O) groups excluding carboxylic acids is 1. The number of fused-ring (bicyclic) bond motifs is 3. The van der Waals surface area contributed by atoms with Crippen molar-refractivity contribution in [3.05, 3.63) is 35.4 Å². The molecule has 1 saturated heterocycles. The van der Waals surface area contributed by atoms with Crippen molar-refractivity contribution in [3.63, 3.8) is 0 Å².